The minimum absolute atomic E-state index is 0.0391. The van der Waals surface area contributed by atoms with Crippen molar-refractivity contribution in [2.24, 2.45) is 0 Å². The Morgan fingerprint density at radius 2 is 1.81 bits per heavy atom. The first kappa shape index (κ1) is 14.5. The van der Waals surface area contributed by atoms with Gasteiger partial charge in [0.05, 0.1) is 10.2 Å². The van der Waals surface area contributed by atoms with Crippen molar-refractivity contribution in [3.05, 3.63) is 63.1 Å². The highest BCUT2D eigenvalue weighted by Crippen LogP contribution is 2.29. The third-order valence-electron chi connectivity index (χ3n) is 4.00. The molecule has 1 aliphatic carbocycles. The summed E-state index contributed by atoms with van der Waals surface area (Å²) in [6.45, 7) is 1.98. The third kappa shape index (κ3) is 2.95. The molecule has 1 atom stereocenters. The maximum atomic E-state index is 13.8. The van der Waals surface area contributed by atoms with Crippen LogP contribution in [-0.2, 0) is 12.8 Å². The topological polar surface area (TPSA) is 12.0 Å². The summed E-state index contributed by atoms with van der Waals surface area (Å²) in [7, 11) is 0. The molecule has 0 saturated carbocycles. The molecule has 0 fully saturated rings. The zero-order chi connectivity index (χ0) is 15.0. The van der Waals surface area contributed by atoms with Gasteiger partial charge in [0, 0.05) is 12.1 Å². The van der Waals surface area contributed by atoms with Gasteiger partial charge in [0.1, 0.15) is 11.6 Å². The second kappa shape index (κ2) is 5.76. The van der Waals surface area contributed by atoms with Gasteiger partial charge in [-0.25, -0.2) is 8.78 Å². The van der Waals surface area contributed by atoms with E-state index in [2.05, 4.69) is 39.4 Å². The van der Waals surface area contributed by atoms with Gasteiger partial charge in [-0.1, -0.05) is 18.2 Å². The summed E-state index contributed by atoms with van der Waals surface area (Å²) in [5, 5.41) is 3.11. The predicted octanol–water partition coefficient (Wildman–Crippen LogP) is 5.39. The number of hydrogen-bond donors (Lipinski definition) is 1. The van der Waals surface area contributed by atoms with E-state index in [0.29, 0.717) is 5.69 Å². The van der Waals surface area contributed by atoms with E-state index in [-0.39, 0.29) is 10.5 Å². The van der Waals surface area contributed by atoms with Crippen molar-refractivity contribution < 1.29 is 8.78 Å². The summed E-state index contributed by atoms with van der Waals surface area (Å²) in [4.78, 5) is 0. The van der Waals surface area contributed by atoms with Crippen LogP contribution in [0, 0.1) is 11.6 Å². The van der Waals surface area contributed by atoms with E-state index >= 15 is 0 Å². The smallest absolute Gasteiger partial charge is 0.149 e. The molecule has 0 spiro atoms. The molecule has 0 bridgehead atoms. The van der Waals surface area contributed by atoms with Gasteiger partial charge in [-0.05, 0) is 64.9 Å². The Hall–Kier alpha value is -1.42. The fourth-order valence-corrected chi connectivity index (χ4v) is 3.15. The highest BCUT2D eigenvalue weighted by molar-refractivity contribution is 9.10. The number of anilines is 1. The zero-order valence-electron chi connectivity index (χ0n) is 11.7. The number of nitrogens with one attached hydrogen (secondary N) is 1. The summed E-state index contributed by atoms with van der Waals surface area (Å²) in [6, 6.07) is 8.72. The molecule has 0 heterocycles. The molecule has 2 aromatic carbocycles. The van der Waals surface area contributed by atoms with Gasteiger partial charge in [0.25, 0.3) is 0 Å². The van der Waals surface area contributed by atoms with Crippen molar-refractivity contribution in [2.45, 2.75) is 32.2 Å². The minimum Gasteiger partial charge on any atom is -0.376 e. The van der Waals surface area contributed by atoms with Crippen molar-refractivity contribution in [2.75, 3.05) is 5.32 Å². The van der Waals surface area contributed by atoms with Gasteiger partial charge in [0.2, 0.25) is 0 Å². The first-order valence-electron chi connectivity index (χ1n) is 7.07. The highest BCUT2D eigenvalue weighted by Gasteiger charge is 2.15. The van der Waals surface area contributed by atoms with E-state index < -0.39 is 11.6 Å². The lowest BCUT2D eigenvalue weighted by molar-refractivity contribution is 0.579. The summed E-state index contributed by atoms with van der Waals surface area (Å²) in [5.41, 5.74) is 4.23. The maximum Gasteiger partial charge on any atom is 0.149 e. The lowest BCUT2D eigenvalue weighted by Crippen LogP contribution is -2.09. The van der Waals surface area contributed by atoms with E-state index in [1.807, 2.05) is 6.92 Å². The summed E-state index contributed by atoms with van der Waals surface area (Å²) >= 11 is 3.09. The largest absolute Gasteiger partial charge is 0.376 e. The van der Waals surface area contributed by atoms with Crippen LogP contribution in [-0.4, -0.2) is 0 Å². The van der Waals surface area contributed by atoms with Gasteiger partial charge in [-0.3, -0.25) is 0 Å². The second-order valence-electron chi connectivity index (χ2n) is 5.49. The average Bonchev–Trinajstić information content (AvgIpc) is 2.92. The van der Waals surface area contributed by atoms with E-state index in [1.165, 1.54) is 23.6 Å². The molecule has 4 heteroatoms. The Morgan fingerprint density at radius 3 is 2.62 bits per heavy atom. The molecule has 0 radical (unpaired) electrons. The SMILES string of the molecule is CC(Nc1cc(Br)c(F)cc1F)c1ccc2c(c1)CCC2. The maximum absolute atomic E-state index is 13.8. The van der Waals surface area contributed by atoms with Gasteiger partial charge < -0.3 is 5.32 Å². The predicted molar refractivity (Wildman–Crippen MR) is 84.6 cm³/mol. The molecule has 0 aromatic heterocycles. The molecular weight excluding hydrogens is 336 g/mol. The first-order chi connectivity index (χ1) is 10.0. The molecule has 0 aliphatic heterocycles. The van der Waals surface area contributed by atoms with Crippen LogP contribution in [0.15, 0.2) is 34.8 Å². The van der Waals surface area contributed by atoms with Gasteiger partial charge in [-0.2, -0.15) is 0 Å². The number of hydrogen-bond acceptors (Lipinski definition) is 1. The Balaban J connectivity index is 1.83. The zero-order valence-corrected chi connectivity index (χ0v) is 13.3. The normalized spacial score (nSPS) is 14.9. The lowest BCUT2D eigenvalue weighted by atomic mass is 10.0. The highest BCUT2D eigenvalue weighted by atomic mass is 79.9. The van der Waals surface area contributed by atoms with Gasteiger partial charge in [-0.15, -0.1) is 0 Å². The van der Waals surface area contributed by atoms with Crippen molar-refractivity contribution in [3.63, 3.8) is 0 Å². The molecule has 1 unspecified atom stereocenters. The molecule has 0 saturated heterocycles. The lowest BCUT2D eigenvalue weighted by Gasteiger charge is -2.18. The van der Waals surface area contributed by atoms with Crippen molar-refractivity contribution in [1.29, 1.82) is 0 Å². The van der Waals surface area contributed by atoms with Crippen LogP contribution < -0.4 is 5.32 Å². The van der Waals surface area contributed by atoms with Crippen LogP contribution in [0.2, 0.25) is 0 Å². The fraction of sp³-hybridized carbons (Fsp3) is 0.294. The van der Waals surface area contributed by atoms with Crippen molar-refractivity contribution in [1.82, 2.24) is 0 Å². The average molecular weight is 352 g/mol. The Bertz CT molecular complexity index is 685. The number of rotatable bonds is 3. The quantitative estimate of drug-likeness (QED) is 0.731. The number of fused-ring (bicyclic) bond motifs is 1. The molecule has 2 aromatic rings. The molecule has 0 amide bonds. The van der Waals surface area contributed by atoms with E-state index in [1.54, 1.807) is 0 Å². The molecule has 1 nitrogen and oxygen atoms in total. The minimum atomic E-state index is -0.594. The third-order valence-corrected chi connectivity index (χ3v) is 4.61. The fourth-order valence-electron chi connectivity index (χ4n) is 2.81. The number of benzene rings is 2. The van der Waals surface area contributed by atoms with Crippen LogP contribution in [0.25, 0.3) is 0 Å². The monoisotopic (exact) mass is 351 g/mol. The number of halogens is 3. The molecular formula is C17H16BrF2N. The van der Waals surface area contributed by atoms with Crippen molar-refractivity contribution >= 4 is 21.6 Å². The van der Waals surface area contributed by atoms with Crippen LogP contribution in [0.5, 0.6) is 0 Å². The molecule has 110 valence electrons. The second-order valence-corrected chi connectivity index (χ2v) is 6.35. The van der Waals surface area contributed by atoms with Crippen LogP contribution in [0.3, 0.4) is 0 Å². The summed E-state index contributed by atoms with van der Waals surface area (Å²) < 4.78 is 27.3. The van der Waals surface area contributed by atoms with Gasteiger partial charge >= 0.3 is 0 Å². The number of aryl methyl sites for hydroxylation is 2. The molecule has 1 aliphatic rings. The van der Waals surface area contributed by atoms with Crippen LogP contribution >= 0.6 is 15.9 Å². The van der Waals surface area contributed by atoms with Crippen LogP contribution in [0.1, 0.15) is 36.1 Å². The van der Waals surface area contributed by atoms with Crippen molar-refractivity contribution in [3.8, 4) is 0 Å². The van der Waals surface area contributed by atoms with Gasteiger partial charge in [0.15, 0.2) is 0 Å². The Morgan fingerprint density at radius 1 is 1.05 bits per heavy atom. The molecule has 21 heavy (non-hydrogen) atoms. The summed E-state index contributed by atoms with van der Waals surface area (Å²) in [5.74, 6) is -1.17. The van der Waals surface area contributed by atoms with E-state index in [0.717, 1.165) is 24.5 Å². The molecule has 3 rings (SSSR count). The summed E-state index contributed by atoms with van der Waals surface area (Å²) in [6.07, 6.45) is 3.48. The van der Waals surface area contributed by atoms with E-state index in [4.69, 9.17) is 0 Å². The Kier molecular flexibility index (Phi) is 3.98. The van der Waals surface area contributed by atoms with E-state index in [9.17, 15) is 8.78 Å². The Labute approximate surface area is 131 Å². The standard InChI is InChI=1S/C17H16BrF2N/c1-10(12-6-5-11-3-2-4-13(11)7-12)21-17-8-14(18)15(19)9-16(17)20/h5-10,21H,2-4H2,1H3. The molecule has 1 N–H and O–H groups in total. The first-order valence-corrected chi connectivity index (χ1v) is 7.86. The van der Waals surface area contributed by atoms with Crippen LogP contribution in [0.4, 0.5) is 14.5 Å².